The van der Waals surface area contributed by atoms with Crippen LogP contribution in [0.2, 0.25) is 0 Å². The number of likely N-dealkylation sites (tertiary alicyclic amines) is 1. The molecule has 0 N–H and O–H groups in total. The van der Waals surface area contributed by atoms with E-state index in [1.165, 1.54) is 0 Å². The lowest BCUT2D eigenvalue weighted by Crippen LogP contribution is -2.36. The highest BCUT2D eigenvalue weighted by Crippen LogP contribution is 2.26. The van der Waals surface area contributed by atoms with Crippen LogP contribution < -0.4 is 0 Å². The molecule has 1 aromatic heterocycles. The van der Waals surface area contributed by atoms with Gasteiger partial charge in [-0.25, -0.2) is 13.4 Å². The highest BCUT2D eigenvalue weighted by molar-refractivity contribution is 7.89. The number of rotatable bonds is 6. The summed E-state index contributed by atoms with van der Waals surface area (Å²) in [6, 6.07) is 5.42. The Hall–Kier alpha value is -1.48. The number of sulfonamides is 1. The van der Waals surface area contributed by atoms with E-state index in [1.807, 2.05) is 6.07 Å². The number of aryl methyl sites for hydroxylation is 1. The minimum absolute atomic E-state index is 0.360. The largest absolute Gasteiger partial charge is 0.381 e. The number of hydrogen-bond donors (Lipinski definition) is 0. The Morgan fingerprint density at radius 2 is 1.83 bits per heavy atom. The molecule has 0 spiro atoms. The van der Waals surface area contributed by atoms with Gasteiger partial charge in [0.1, 0.15) is 5.82 Å². The van der Waals surface area contributed by atoms with Gasteiger partial charge in [-0.2, -0.15) is 4.31 Å². The van der Waals surface area contributed by atoms with Gasteiger partial charge in [0.15, 0.2) is 0 Å². The van der Waals surface area contributed by atoms with Gasteiger partial charge in [-0.1, -0.05) is 6.42 Å². The van der Waals surface area contributed by atoms with Crippen molar-refractivity contribution < 1.29 is 13.2 Å². The molecule has 0 aliphatic carbocycles. The Balaban J connectivity index is 1.59. The molecule has 7 nitrogen and oxygen atoms in total. The fourth-order valence-corrected chi connectivity index (χ4v) is 6.09. The van der Waals surface area contributed by atoms with Gasteiger partial charge in [-0.3, -0.25) is 4.90 Å². The van der Waals surface area contributed by atoms with E-state index in [4.69, 9.17) is 9.72 Å². The van der Waals surface area contributed by atoms with Crippen LogP contribution in [0.25, 0.3) is 11.0 Å². The van der Waals surface area contributed by atoms with Crippen LogP contribution in [-0.4, -0.2) is 66.6 Å². The third kappa shape index (κ3) is 4.21. The van der Waals surface area contributed by atoms with Gasteiger partial charge < -0.3 is 9.30 Å². The quantitative estimate of drug-likeness (QED) is 0.719. The van der Waals surface area contributed by atoms with Crippen molar-refractivity contribution in [3.8, 4) is 0 Å². The van der Waals surface area contributed by atoms with Gasteiger partial charge >= 0.3 is 0 Å². The van der Waals surface area contributed by atoms with Gasteiger partial charge in [0, 0.05) is 39.8 Å². The molecule has 2 aromatic rings. The highest BCUT2D eigenvalue weighted by atomic mass is 32.2. The molecule has 1 aromatic carbocycles. The van der Waals surface area contributed by atoms with Crippen molar-refractivity contribution in [2.24, 2.45) is 0 Å². The average Bonchev–Trinajstić information content (AvgIpc) is 3.11. The fourth-order valence-electron chi connectivity index (χ4n) is 4.55. The van der Waals surface area contributed by atoms with Crippen LogP contribution >= 0.6 is 0 Å². The van der Waals surface area contributed by atoms with Crippen LogP contribution in [0.15, 0.2) is 23.1 Å². The smallest absolute Gasteiger partial charge is 0.243 e. The Morgan fingerprint density at radius 3 is 2.48 bits per heavy atom. The van der Waals surface area contributed by atoms with E-state index in [1.54, 1.807) is 23.5 Å². The summed E-state index contributed by atoms with van der Waals surface area (Å²) >= 11 is 0. The molecule has 2 aliphatic rings. The predicted octanol–water partition coefficient (Wildman–Crippen LogP) is 2.84. The zero-order chi connectivity index (χ0) is 20.4. The van der Waals surface area contributed by atoms with Crippen LogP contribution in [0.3, 0.4) is 0 Å². The average molecular weight is 421 g/mol. The summed E-state index contributed by atoms with van der Waals surface area (Å²) in [6.07, 6.45) is 5.43. The van der Waals surface area contributed by atoms with Crippen LogP contribution in [0, 0.1) is 0 Å². The van der Waals surface area contributed by atoms with Crippen molar-refractivity contribution in [3.05, 3.63) is 24.0 Å². The van der Waals surface area contributed by atoms with Gasteiger partial charge in [-0.05, 0) is 50.8 Å². The Morgan fingerprint density at radius 1 is 1.10 bits per heavy atom. The number of nitrogens with zero attached hydrogens (tertiary/aromatic N) is 4. The molecule has 0 unspecified atom stereocenters. The molecule has 0 amide bonds. The van der Waals surface area contributed by atoms with Gasteiger partial charge in [0.25, 0.3) is 0 Å². The fraction of sp³-hybridized carbons (Fsp3) is 0.667. The van der Waals surface area contributed by atoms with Crippen molar-refractivity contribution in [1.82, 2.24) is 18.8 Å². The molecule has 0 atom stereocenters. The van der Waals surface area contributed by atoms with E-state index in [9.17, 15) is 8.42 Å². The SMILES string of the molecule is CCn1c(CN2CCC(OC)CC2)nc2cc(S(=O)(=O)N3CCCCC3)ccc21. The Labute approximate surface area is 173 Å². The van der Waals surface area contributed by atoms with Crippen molar-refractivity contribution in [3.63, 3.8) is 0 Å². The van der Waals surface area contributed by atoms with E-state index >= 15 is 0 Å². The zero-order valence-electron chi connectivity index (χ0n) is 17.5. The van der Waals surface area contributed by atoms with E-state index in [0.717, 1.165) is 75.1 Å². The van der Waals surface area contributed by atoms with E-state index in [0.29, 0.717) is 24.1 Å². The minimum atomic E-state index is -3.44. The molecule has 8 heteroatoms. The summed E-state index contributed by atoms with van der Waals surface area (Å²) in [5.74, 6) is 1.01. The second-order valence-electron chi connectivity index (χ2n) is 8.10. The maximum absolute atomic E-state index is 13.0. The second kappa shape index (κ2) is 8.71. The molecule has 29 heavy (non-hydrogen) atoms. The van der Waals surface area contributed by atoms with Crippen molar-refractivity contribution in [2.45, 2.75) is 63.1 Å². The normalized spacial score (nSPS) is 20.5. The molecule has 3 heterocycles. The van der Waals surface area contributed by atoms with Gasteiger partial charge in [0.2, 0.25) is 10.0 Å². The third-order valence-corrected chi connectivity index (χ3v) is 8.20. The van der Waals surface area contributed by atoms with Gasteiger partial charge in [0.05, 0.1) is 28.6 Å². The van der Waals surface area contributed by atoms with Crippen molar-refractivity contribution in [1.29, 1.82) is 0 Å². The van der Waals surface area contributed by atoms with Crippen LogP contribution in [0.1, 0.15) is 44.9 Å². The second-order valence-corrected chi connectivity index (χ2v) is 10.0. The molecular formula is C21H32N4O3S. The topological polar surface area (TPSA) is 67.7 Å². The first kappa shape index (κ1) is 20.8. The number of ether oxygens (including phenoxy) is 1. The monoisotopic (exact) mass is 420 g/mol. The van der Waals surface area contributed by atoms with Gasteiger partial charge in [-0.15, -0.1) is 0 Å². The van der Waals surface area contributed by atoms with E-state index < -0.39 is 10.0 Å². The zero-order valence-corrected chi connectivity index (χ0v) is 18.3. The first-order chi connectivity index (χ1) is 14.0. The predicted molar refractivity (Wildman–Crippen MR) is 113 cm³/mol. The third-order valence-electron chi connectivity index (χ3n) is 6.30. The Bertz CT molecular complexity index is 942. The molecule has 4 rings (SSSR count). The van der Waals surface area contributed by atoms with E-state index in [2.05, 4.69) is 16.4 Å². The molecule has 2 aliphatic heterocycles. The maximum atomic E-state index is 13.0. The number of methoxy groups -OCH3 is 1. The number of hydrogen-bond acceptors (Lipinski definition) is 5. The standard InChI is InChI=1S/C21H32N4O3S/c1-3-25-20-8-7-18(29(26,27)24-11-5-4-6-12-24)15-19(20)22-21(25)16-23-13-9-17(28-2)10-14-23/h7-8,15,17H,3-6,9-14,16H2,1-2H3. The highest BCUT2D eigenvalue weighted by Gasteiger charge is 2.27. The molecule has 160 valence electrons. The molecular weight excluding hydrogens is 388 g/mol. The maximum Gasteiger partial charge on any atom is 0.243 e. The van der Waals surface area contributed by atoms with Crippen LogP contribution in [-0.2, 0) is 27.8 Å². The summed E-state index contributed by atoms with van der Waals surface area (Å²) in [5.41, 5.74) is 1.78. The summed E-state index contributed by atoms with van der Waals surface area (Å²) < 4.78 is 35.4. The summed E-state index contributed by atoms with van der Waals surface area (Å²) in [6.45, 7) is 6.95. The lowest BCUT2D eigenvalue weighted by molar-refractivity contribution is 0.0379. The van der Waals surface area contributed by atoms with Crippen LogP contribution in [0.5, 0.6) is 0 Å². The number of piperidine rings is 2. The molecule has 0 radical (unpaired) electrons. The molecule has 0 saturated carbocycles. The van der Waals surface area contributed by atoms with Crippen molar-refractivity contribution >= 4 is 21.1 Å². The van der Waals surface area contributed by atoms with E-state index in [-0.39, 0.29) is 0 Å². The molecule has 0 bridgehead atoms. The lowest BCUT2D eigenvalue weighted by atomic mass is 10.1. The number of fused-ring (bicyclic) bond motifs is 1. The summed E-state index contributed by atoms with van der Waals surface area (Å²) in [7, 11) is -1.66. The molecule has 2 fully saturated rings. The minimum Gasteiger partial charge on any atom is -0.381 e. The summed E-state index contributed by atoms with van der Waals surface area (Å²) in [5, 5.41) is 0. The summed E-state index contributed by atoms with van der Waals surface area (Å²) in [4.78, 5) is 7.62. The number of imidazole rings is 1. The lowest BCUT2D eigenvalue weighted by Gasteiger charge is -2.30. The van der Waals surface area contributed by atoms with Crippen LogP contribution in [0.4, 0.5) is 0 Å². The Kier molecular flexibility index (Phi) is 6.24. The number of benzene rings is 1. The first-order valence-electron chi connectivity index (χ1n) is 10.8. The molecule has 2 saturated heterocycles. The first-order valence-corrected chi connectivity index (χ1v) is 12.2. The number of aromatic nitrogens is 2. The van der Waals surface area contributed by atoms with Crippen molar-refractivity contribution in [2.75, 3.05) is 33.3 Å².